The number of unbranched alkanes of at least 4 members (excludes halogenated alkanes) is 1. The van der Waals surface area contributed by atoms with Gasteiger partial charge in [0.25, 0.3) is 0 Å². The van der Waals surface area contributed by atoms with Gasteiger partial charge >= 0.3 is 5.69 Å². The van der Waals surface area contributed by atoms with Crippen molar-refractivity contribution in [3.8, 4) is 0 Å². The van der Waals surface area contributed by atoms with Gasteiger partial charge in [-0.2, -0.15) is 14.3 Å². The highest BCUT2D eigenvalue weighted by atomic mass is 16.1. The number of nitrogens with zero attached hydrogens (tertiary/aromatic N) is 2. The summed E-state index contributed by atoms with van der Waals surface area (Å²) in [7, 11) is 0. The summed E-state index contributed by atoms with van der Waals surface area (Å²) in [5.41, 5.74) is 13.5. The standard InChI is InChI=1S/C23H37N7O/c24-11-3-12-26-18-19-4-6-21(7-5-19)27-22-10-17-30(23(31)28-22)14-2-1-13-29-15-8-20(25)9-16-29/h4-7,10,17,20,26H,1-3,8-9,11-16,18,24-25H2,(H,27,28,31)/p+1. The van der Waals surface area contributed by atoms with Gasteiger partial charge in [0, 0.05) is 24.3 Å². The Kier molecular flexibility index (Phi) is 9.48. The van der Waals surface area contributed by atoms with Crippen LogP contribution >= 0.6 is 0 Å². The highest BCUT2D eigenvalue weighted by Gasteiger charge is 2.15. The van der Waals surface area contributed by atoms with Crippen LogP contribution in [0.4, 0.5) is 11.5 Å². The van der Waals surface area contributed by atoms with E-state index in [0.717, 1.165) is 77.1 Å². The van der Waals surface area contributed by atoms with Crippen molar-refractivity contribution in [2.45, 2.75) is 51.2 Å². The predicted molar refractivity (Wildman–Crippen MR) is 125 cm³/mol. The third-order valence-electron chi connectivity index (χ3n) is 5.80. The predicted octanol–water partition coefficient (Wildman–Crippen LogP) is 1.05. The molecule has 0 aliphatic carbocycles. The van der Waals surface area contributed by atoms with Gasteiger partial charge in [0.15, 0.2) is 0 Å². The van der Waals surface area contributed by atoms with Crippen LogP contribution in [0.1, 0.15) is 37.7 Å². The number of hydrogen-bond donors (Lipinski definition) is 5. The lowest BCUT2D eigenvalue weighted by molar-refractivity contribution is -0.714. The summed E-state index contributed by atoms with van der Waals surface area (Å²) in [5, 5.41) is 6.63. The SMILES string of the molecule is NCCCNCc1ccc(Nc2cc[n+](CCCCN3CCC(N)CC3)c(=O)[nH]2)cc1. The van der Waals surface area contributed by atoms with Gasteiger partial charge in [0.1, 0.15) is 0 Å². The summed E-state index contributed by atoms with van der Waals surface area (Å²) in [6.45, 7) is 6.47. The maximum absolute atomic E-state index is 12.4. The Morgan fingerprint density at radius 3 is 2.58 bits per heavy atom. The molecule has 0 saturated carbocycles. The summed E-state index contributed by atoms with van der Waals surface area (Å²) in [6.07, 6.45) is 7.11. The molecule has 1 aromatic heterocycles. The average molecular weight is 429 g/mol. The van der Waals surface area contributed by atoms with Crippen LogP contribution in [0, 0.1) is 0 Å². The maximum atomic E-state index is 12.4. The van der Waals surface area contributed by atoms with E-state index in [1.54, 1.807) is 4.57 Å². The first-order chi connectivity index (χ1) is 15.1. The zero-order valence-electron chi connectivity index (χ0n) is 18.5. The van der Waals surface area contributed by atoms with Crippen molar-refractivity contribution in [3.05, 3.63) is 52.6 Å². The van der Waals surface area contributed by atoms with Crippen molar-refractivity contribution in [2.75, 3.05) is 38.0 Å². The number of piperidine rings is 1. The number of hydrogen-bond acceptors (Lipinski definition) is 6. The first kappa shape index (κ1) is 23.4. The van der Waals surface area contributed by atoms with Crippen LogP contribution in [0.2, 0.25) is 0 Å². The first-order valence-electron chi connectivity index (χ1n) is 11.5. The Morgan fingerprint density at radius 1 is 1.10 bits per heavy atom. The normalized spacial score (nSPS) is 15.3. The molecule has 0 radical (unpaired) electrons. The number of H-pyrrole nitrogens is 1. The Bertz CT molecular complexity index is 829. The summed E-state index contributed by atoms with van der Waals surface area (Å²) in [6, 6.07) is 10.5. The van der Waals surface area contributed by atoms with Crippen molar-refractivity contribution >= 4 is 11.5 Å². The number of benzene rings is 1. The largest absolute Gasteiger partial charge is 0.497 e. The first-order valence-corrected chi connectivity index (χ1v) is 11.5. The Labute approximate surface area is 185 Å². The molecule has 8 nitrogen and oxygen atoms in total. The number of likely N-dealkylation sites (tertiary alicyclic amines) is 1. The molecule has 0 atom stereocenters. The average Bonchev–Trinajstić information content (AvgIpc) is 2.78. The number of nitrogens with two attached hydrogens (primary N) is 2. The Hall–Kier alpha value is -2.26. The summed E-state index contributed by atoms with van der Waals surface area (Å²) in [5.74, 6) is 0.694. The third-order valence-corrected chi connectivity index (χ3v) is 5.80. The number of anilines is 2. The molecule has 170 valence electrons. The molecule has 1 aromatic carbocycles. The van der Waals surface area contributed by atoms with Gasteiger partial charge in [0.05, 0.1) is 12.7 Å². The van der Waals surface area contributed by atoms with E-state index in [0.29, 0.717) is 18.4 Å². The van der Waals surface area contributed by atoms with Crippen LogP contribution in [0.3, 0.4) is 0 Å². The van der Waals surface area contributed by atoms with Crippen LogP contribution in [0.5, 0.6) is 0 Å². The minimum absolute atomic E-state index is 0.0883. The fraction of sp³-hybridized carbons (Fsp3) is 0.565. The molecule has 1 aliphatic rings. The molecule has 7 N–H and O–H groups in total. The van der Waals surface area contributed by atoms with Crippen molar-refractivity contribution in [2.24, 2.45) is 11.5 Å². The van der Waals surface area contributed by atoms with Crippen LogP contribution in [-0.4, -0.2) is 48.6 Å². The molecule has 0 unspecified atom stereocenters. The van der Waals surface area contributed by atoms with E-state index in [9.17, 15) is 4.79 Å². The van der Waals surface area contributed by atoms with Crippen LogP contribution in [-0.2, 0) is 13.1 Å². The van der Waals surface area contributed by atoms with Crippen LogP contribution < -0.4 is 32.4 Å². The molecule has 1 aliphatic heterocycles. The van der Waals surface area contributed by atoms with Crippen LogP contribution in [0.25, 0.3) is 0 Å². The number of nitrogens with one attached hydrogen (secondary N) is 3. The quantitative estimate of drug-likeness (QED) is 0.255. The van der Waals surface area contributed by atoms with Gasteiger partial charge in [-0.15, -0.1) is 0 Å². The molecule has 1 saturated heterocycles. The number of aryl methyl sites for hydroxylation is 1. The number of aromatic amines is 1. The lowest BCUT2D eigenvalue weighted by Gasteiger charge is -2.29. The second-order valence-corrected chi connectivity index (χ2v) is 8.38. The van der Waals surface area contributed by atoms with Gasteiger partial charge in [0.2, 0.25) is 5.82 Å². The highest BCUT2D eigenvalue weighted by molar-refractivity contribution is 5.55. The van der Waals surface area contributed by atoms with E-state index in [2.05, 4.69) is 32.7 Å². The van der Waals surface area contributed by atoms with Gasteiger partial charge in [-0.05, 0) is 82.5 Å². The van der Waals surface area contributed by atoms with E-state index >= 15 is 0 Å². The van der Waals surface area contributed by atoms with E-state index in [1.807, 2.05) is 24.4 Å². The molecular weight excluding hydrogens is 390 g/mol. The maximum Gasteiger partial charge on any atom is 0.497 e. The van der Waals surface area contributed by atoms with Gasteiger partial charge in [-0.1, -0.05) is 12.1 Å². The Balaban J connectivity index is 1.41. The third kappa shape index (κ3) is 8.06. The van der Waals surface area contributed by atoms with Crippen LogP contribution in [0.15, 0.2) is 41.3 Å². The molecule has 0 spiro atoms. The molecule has 8 heteroatoms. The molecule has 1 fully saturated rings. The van der Waals surface area contributed by atoms with E-state index in [1.165, 1.54) is 5.56 Å². The highest BCUT2D eigenvalue weighted by Crippen LogP contribution is 2.14. The van der Waals surface area contributed by atoms with Crippen molar-refractivity contribution < 1.29 is 4.57 Å². The summed E-state index contributed by atoms with van der Waals surface area (Å²) in [4.78, 5) is 17.8. The zero-order chi connectivity index (χ0) is 21.9. The molecule has 31 heavy (non-hydrogen) atoms. The lowest BCUT2D eigenvalue weighted by atomic mass is 10.1. The monoisotopic (exact) mass is 428 g/mol. The number of rotatable bonds is 12. The fourth-order valence-corrected chi connectivity index (χ4v) is 3.83. The van der Waals surface area contributed by atoms with E-state index in [4.69, 9.17) is 11.5 Å². The number of aromatic nitrogens is 2. The second kappa shape index (κ2) is 12.6. The fourth-order valence-electron chi connectivity index (χ4n) is 3.83. The minimum atomic E-state index is -0.0883. The lowest BCUT2D eigenvalue weighted by Crippen LogP contribution is -2.51. The van der Waals surface area contributed by atoms with Crippen molar-refractivity contribution in [3.63, 3.8) is 0 Å². The second-order valence-electron chi connectivity index (χ2n) is 8.38. The van der Waals surface area contributed by atoms with E-state index < -0.39 is 0 Å². The van der Waals surface area contributed by atoms with Gasteiger partial charge < -0.3 is 27.0 Å². The smallest absolute Gasteiger partial charge is 0.330 e. The van der Waals surface area contributed by atoms with Gasteiger partial charge in [-0.3, -0.25) is 0 Å². The molecular formula is C23H38N7O+. The van der Waals surface area contributed by atoms with E-state index in [-0.39, 0.29) is 5.69 Å². The van der Waals surface area contributed by atoms with Crippen molar-refractivity contribution in [1.82, 2.24) is 15.2 Å². The summed E-state index contributed by atoms with van der Waals surface area (Å²) < 4.78 is 1.74. The molecule has 0 bridgehead atoms. The minimum Gasteiger partial charge on any atom is -0.330 e. The zero-order valence-corrected chi connectivity index (χ0v) is 18.5. The Morgan fingerprint density at radius 2 is 1.87 bits per heavy atom. The molecule has 0 amide bonds. The van der Waals surface area contributed by atoms with Crippen molar-refractivity contribution in [1.29, 1.82) is 0 Å². The van der Waals surface area contributed by atoms with Gasteiger partial charge in [-0.25, -0.2) is 0 Å². The molecule has 2 aromatic rings. The summed E-state index contributed by atoms with van der Waals surface area (Å²) >= 11 is 0. The topological polar surface area (TPSA) is 116 Å². The molecule has 3 rings (SSSR count). The molecule has 2 heterocycles.